The van der Waals surface area contributed by atoms with E-state index in [1.807, 2.05) is 0 Å². The van der Waals surface area contributed by atoms with E-state index >= 15 is 0 Å². The molecule has 1 heterocycles. The van der Waals surface area contributed by atoms with Crippen LogP contribution in [0.1, 0.15) is 22.2 Å². The Morgan fingerprint density at radius 1 is 1.33 bits per heavy atom. The van der Waals surface area contributed by atoms with Crippen molar-refractivity contribution in [2.75, 3.05) is 6.54 Å². The second kappa shape index (κ2) is 5.46. The van der Waals surface area contributed by atoms with Crippen molar-refractivity contribution in [1.82, 2.24) is 5.32 Å². The topological polar surface area (TPSA) is 62.5 Å². The number of hydrogen-bond donors (Lipinski definition) is 2. The normalized spacial score (nSPS) is 12.1. The number of nitrogens with one attached hydrogen (secondary N) is 1. The van der Waals surface area contributed by atoms with Crippen LogP contribution in [-0.2, 0) is 0 Å². The number of furan rings is 1. The third-order valence-corrected chi connectivity index (χ3v) is 2.47. The Kier molecular flexibility index (Phi) is 3.74. The molecule has 0 radical (unpaired) electrons. The molecule has 1 amide bonds. The summed E-state index contributed by atoms with van der Waals surface area (Å²) in [5, 5.41) is 12.2. The summed E-state index contributed by atoms with van der Waals surface area (Å²) in [4.78, 5) is 11.5. The maximum absolute atomic E-state index is 13.3. The number of halogens is 1. The first-order valence-electron chi connectivity index (χ1n) is 5.42. The molecule has 1 aromatic carbocycles. The van der Waals surface area contributed by atoms with Crippen molar-refractivity contribution in [2.24, 2.45) is 0 Å². The molecule has 94 valence electrons. The molecular weight excluding hydrogens is 237 g/mol. The number of hydrogen-bond acceptors (Lipinski definition) is 3. The van der Waals surface area contributed by atoms with Gasteiger partial charge in [-0.05, 0) is 18.2 Å². The van der Waals surface area contributed by atoms with Crippen molar-refractivity contribution < 1.29 is 18.7 Å². The summed E-state index contributed by atoms with van der Waals surface area (Å²) in [5.74, 6) is -0.802. The zero-order valence-electron chi connectivity index (χ0n) is 9.47. The van der Waals surface area contributed by atoms with Gasteiger partial charge < -0.3 is 14.8 Å². The first-order chi connectivity index (χ1) is 8.68. The second-order valence-electron chi connectivity index (χ2n) is 3.72. The Morgan fingerprint density at radius 2 is 2.11 bits per heavy atom. The van der Waals surface area contributed by atoms with Crippen molar-refractivity contribution >= 4 is 5.91 Å². The summed E-state index contributed by atoms with van der Waals surface area (Å²) in [5.41, 5.74) is 0.150. The molecule has 0 saturated heterocycles. The lowest BCUT2D eigenvalue weighted by Crippen LogP contribution is -2.28. The van der Waals surface area contributed by atoms with E-state index in [-0.39, 0.29) is 17.9 Å². The van der Waals surface area contributed by atoms with Crippen molar-refractivity contribution in [3.63, 3.8) is 0 Å². The van der Waals surface area contributed by atoms with E-state index in [1.165, 1.54) is 30.5 Å². The fraction of sp³-hybridized carbons (Fsp3) is 0.154. The van der Waals surface area contributed by atoms with E-state index < -0.39 is 17.8 Å². The van der Waals surface area contributed by atoms with Crippen LogP contribution >= 0.6 is 0 Å². The zero-order chi connectivity index (χ0) is 13.0. The Bertz CT molecular complexity index is 525. The number of aliphatic hydroxyl groups excluding tert-OH is 1. The van der Waals surface area contributed by atoms with E-state index in [2.05, 4.69) is 5.32 Å². The summed E-state index contributed by atoms with van der Waals surface area (Å²) >= 11 is 0. The van der Waals surface area contributed by atoms with Crippen LogP contribution in [-0.4, -0.2) is 17.6 Å². The Labute approximate surface area is 103 Å². The average molecular weight is 249 g/mol. The Morgan fingerprint density at radius 3 is 2.78 bits per heavy atom. The molecule has 2 aromatic rings. The quantitative estimate of drug-likeness (QED) is 0.869. The molecule has 5 heteroatoms. The highest BCUT2D eigenvalue weighted by atomic mass is 19.1. The van der Waals surface area contributed by atoms with Crippen LogP contribution in [0.25, 0.3) is 0 Å². The van der Waals surface area contributed by atoms with Gasteiger partial charge in [0.1, 0.15) is 5.82 Å². The molecule has 0 saturated carbocycles. The van der Waals surface area contributed by atoms with Crippen molar-refractivity contribution in [1.29, 1.82) is 0 Å². The number of amides is 1. The van der Waals surface area contributed by atoms with Crippen LogP contribution in [0.5, 0.6) is 0 Å². The summed E-state index contributed by atoms with van der Waals surface area (Å²) in [6.45, 7) is -0.0829. The van der Waals surface area contributed by atoms with Gasteiger partial charge in [0.15, 0.2) is 5.76 Å². The van der Waals surface area contributed by atoms with Crippen LogP contribution in [0.2, 0.25) is 0 Å². The lowest BCUT2D eigenvalue weighted by molar-refractivity contribution is 0.0887. The van der Waals surface area contributed by atoms with E-state index in [4.69, 9.17) is 4.42 Å². The minimum absolute atomic E-state index is 0.0829. The first-order valence-corrected chi connectivity index (χ1v) is 5.42. The molecule has 1 atom stereocenters. The average Bonchev–Trinajstić information content (AvgIpc) is 2.90. The van der Waals surface area contributed by atoms with Crippen LogP contribution in [0.15, 0.2) is 47.1 Å². The van der Waals surface area contributed by atoms with Crippen LogP contribution in [0, 0.1) is 5.82 Å². The molecule has 4 nitrogen and oxygen atoms in total. The van der Waals surface area contributed by atoms with Crippen LogP contribution in [0.4, 0.5) is 4.39 Å². The zero-order valence-corrected chi connectivity index (χ0v) is 9.47. The highest BCUT2D eigenvalue weighted by Gasteiger charge is 2.14. The van der Waals surface area contributed by atoms with Gasteiger partial charge in [-0.2, -0.15) is 0 Å². The molecular formula is C13H12FNO3. The number of carbonyl (C=O) groups is 1. The van der Waals surface area contributed by atoms with Gasteiger partial charge in [0.05, 0.1) is 12.4 Å². The number of rotatable bonds is 4. The molecule has 0 aliphatic heterocycles. The summed E-state index contributed by atoms with van der Waals surface area (Å²) in [6, 6.07) is 8.97. The number of benzene rings is 1. The van der Waals surface area contributed by atoms with E-state index in [1.54, 1.807) is 12.1 Å². The van der Waals surface area contributed by atoms with Gasteiger partial charge >= 0.3 is 0 Å². The summed E-state index contributed by atoms with van der Waals surface area (Å²) < 4.78 is 18.2. The van der Waals surface area contributed by atoms with E-state index in [0.29, 0.717) is 0 Å². The lowest BCUT2D eigenvalue weighted by atomic mass is 10.1. The maximum Gasteiger partial charge on any atom is 0.287 e. The van der Waals surface area contributed by atoms with Crippen molar-refractivity contribution in [3.05, 3.63) is 59.8 Å². The fourth-order valence-electron chi connectivity index (χ4n) is 1.54. The van der Waals surface area contributed by atoms with Gasteiger partial charge in [0, 0.05) is 12.1 Å². The van der Waals surface area contributed by atoms with E-state index in [9.17, 15) is 14.3 Å². The van der Waals surface area contributed by atoms with Crippen molar-refractivity contribution in [2.45, 2.75) is 6.10 Å². The number of carbonyl (C=O) groups excluding carboxylic acids is 1. The summed E-state index contributed by atoms with van der Waals surface area (Å²) in [6.07, 6.45) is 0.285. The third-order valence-electron chi connectivity index (χ3n) is 2.47. The molecule has 0 spiro atoms. The molecule has 0 fully saturated rings. The Balaban J connectivity index is 1.95. The van der Waals surface area contributed by atoms with Crippen LogP contribution in [0.3, 0.4) is 0 Å². The van der Waals surface area contributed by atoms with Gasteiger partial charge in [-0.25, -0.2) is 4.39 Å². The van der Waals surface area contributed by atoms with Crippen LogP contribution < -0.4 is 5.32 Å². The molecule has 1 unspecified atom stereocenters. The number of aliphatic hydroxyl groups is 1. The monoisotopic (exact) mass is 249 g/mol. The maximum atomic E-state index is 13.3. The van der Waals surface area contributed by atoms with Gasteiger partial charge in [-0.1, -0.05) is 18.2 Å². The third kappa shape index (κ3) is 2.75. The van der Waals surface area contributed by atoms with Gasteiger partial charge in [-0.15, -0.1) is 0 Å². The highest BCUT2D eigenvalue weighted by molar-refractivity contribution is 5.91. The second-order valence-corrected chi connectivity index (χ2v) is 3.72. The van der Waals surface area contributed by atoms with Gasteiger partial charge in [0.25, 0.3) is 5.91 Å². The molecule has 0 aliphatic rings. The smallest absolute Gasteiger partial charge is 0.287 e. The van der Waals surface area contributed by atoms with Gasteiger partial charge in [0.2, 0.25) is 0 Å². The summed E-state index contributed by atoms with van der Waals surface area (Å²) in [7, 11) is 0. The molecule has 0 aliphatic carbocycles. The molecule has 18 heavy (non-hydrogen) atoms. The van der Waals surface area contributed by atoms with Crippen molar-refractivity contribution in [3.8, 4) is 0 Å². The largest absolute Gasteiger partial charge is 0.459 e. The predicted octanol–water partition coefficient (Wildman–Crippen LogP) is 1.88. The molecule has 1 aromatic heterocycles. The minimum atomic E-state index is -1.09. The Hall–Kier alpha value is -2.14. The fourth-order valence-corrected chi connectivity index (χ4v) is 1.54. The first kappa shape index (κ1) is 12.3. The molecule has 2 rings (SSSR count). The SMILES string of the molecule is O=C(NCC(O)c1ccccc1F)c1ccco1. The molecule has 2 N–H and O–H groups in total. The van der Waals surface area contributed by atoms with E-state index in [0.717, 1.165) is 0 Å². The standard InChI is InChI=1S/C13H12FNO3/c14-10-5-2-1-4-9(10)11(16)8-15-13(17)12-6-3-7-18-12/h1-7,11,16H,8H2,(H,15,17). The lowest BCUT2D eigenvalue weighted by Gasteiger charge is -2.12. The predicted molar refractivity (Wildman–Crippen MR) is 62.4 cm³/mol. The molecule has 0 bridgehead atoms. The highest BCUT2D eigenvalue weighted by Crippen LogP contribution is 2.15. The minimum Gasteiger partial charge on any atom is -0.459 e. The van der Waals surface area contributed by atoms with Gasteiger partial charge in [-0.3, -0.25) is 4.79 Å².